The Balaban J connectivity index is 2.21. The molecule has 1 saturated heterocycles. The SMILES string of the molecule is C[C@H]1OC1c1ncc(F)cn1. The molecule has 0 bridgehead atoms. The van der Waals surface area contributed by atoms with Gasteiger partial charge in [0.2, 0.25) is 0 Å². The molecule has 0 radical (unpaired) electrons. The molecule has 2 heterocycles. The summed E-state index contributed by atoms with van der Waals surface area (Å²) in [6.45, 7) is 1.93. The first-order valence-corrected chi connectivity index (χ1v) is 3.40. The van der Waals surface area contributed by atoms with Crippen LogP contribution in [0.3, 0.4) is 0 Å². The molecule has 0 aliphatic carbocycles. The van der Waals surface area contributed by atoms with Crippen LogP contribution >= 0.6 is 0 Å². The van der Waals surface area contributed by atoms with Gasteiger partial charge in [-0.1, -0.05) is 0 Å². The zero-order valence-corrected chi connectivity index (χ0v) is 5.99. The lowest BCUT2D eigenvalue weighted by Gasteiger charge is -1.91. The second kappa shape index (κ2) is 2.23. The van der Waals surface area contributed by atoms with Crippen molar-refractivity contribution >= 4 is 0 Å². The van der Waals surface area contributed by atoms with E-state index >= 15 is 0 Å². The van der Waals surface area contributed by atoms with E-state index in [1.54, 1.807) is 0 Å². The Morgan fingerprint density at radius 3 is 2.45 bits per heavy atom. The predicted molar refractivity (Wildman–Crippen MR) is 35.3 cm³/mol. The van der Waals surface area contributed by atoms with Crippen molar-refractivity contribution in [1.29, 1.82) is 0 Å². The maximum Gasteiger partial charge on any atom is 0.159 e. The minimum atomic E-state index is -0.415. The highest BCUT2D eigenvalue weighted by Crippen LogP contribution is 2.35. The van der Waals surface area contributed by atoms with E-state index in [1.807, 2.05) is 6.92 Å². The van der Waals surface area contributed by atoms with E-state index in [0.717, 1.165) is 12.4 Å². The molecular formula is C7H7FN2O. The monoisotopic (exact) mass is 154 g/mol. The molecule has 1 aliphatic heterocycles. The second-order valence-electron chi connectivity index (χ2n) is 2.52. The van der Waals surface area contributed by atoms with Crippen LogP contribution in [0, 0.1) is 5.82 Å². The largest absolute Gasteiger partial charge is 0.361 e. The van der Waals surface area contributed by atoms with Crippen molar-refractivity contribution in [3.8, 4) is 0 Å². The van der Waals surface area contributed by atoms with Gasteiger partial charge in [0.05, 0.1) is 18.5 Å². The molecule has 2 atom stereocenters. The van der Waals surface area contributed by atoms with Crippen LogP contribution in [0.2, 0.25) is 0 Å². The van der Waals surface area contributed by atoms with Crippen LogP contribution < -0.4 is 0 Å². The fourth-order valence-electron chi connectivity index (χ4n) is 0.926. The molecule has 1 aliphatic rings. The molecule has 0 N–H and O–H groups in total. The third-order valence-corrected chi connectivity index (χ3v) is 1.61. The number of rotatable bonds is 1. The Bertz CT molecular complexity index is 262. The Kier molecular flexibility index (Phi) is 1.35. The maximum atomic E-state index is 12.3. The smallest absolute Gasteiger partial charge is 0.159 e. The average Bonchev–Trinajstić information content (AvgIpc) is 2.69. The van der Waals surface area contributed by atoms with Crippen LogP contribution in [0.1, 0.15) is 18.9 Å². The zero-order valence-electron chi connectivity index (χ0n) is 5.99. The molecule has 1 aromatic heterocycles. The fraction of sp³-hybridized carbons (Fsp3) is 0.429. The van der Waals surface area contributed by atoms with E-state index in [2.05, 4.69) is 9.97 Å². The van der Waals surface area contributed by atoms with E-state index < -0.39 is 5.82 Å². The molecule has 1 unspecified atom stereocenters. The lowest BCUT2D eigenvalue weighted by atomic mass is 10.3. The van der Waals surface area contributed by atoms with Crippen molar-refractivity contribution in [1.82, 2.24) is 9.97 Å². The molecule has 4 heteroatoms. The van der Waals surface area contributed by atoms with Crippen molar-refractivity contribution in [2.24, 2.45) is 0 Å². The van der Waals surface area contributed by atoms with Gasteiger partial charge in [-0.2, -0.15) is 0 Å². The summed E-state index contributed by atoms with van der Waals surface area (Å²) in [5.41, 5.74) is 0. The van der Waals surface area contributed by atoms with Crippen molar-refractivity contribution in [2.75, 3.05) is 0 Å². The van der Waals surface area contributed by atoms with E-state index in [9.17, 15) is 4.39 Å². The van der Waals surface area contributed by atoms with Crippen LogP contribution in [0.5, 0.6) is 0 Å². The summed E-state index contributed by atoms with van der Waals surface area (Å²) in [6, 6.07) is 0. The Hall–Kier alpha value is -1.03. The van der Waals surface area contributed by atoms with Crippen LogP contribution in [0.4, 0.5) is 4.39 Å². The van der Waals surface area contributed by atoms with Gasteiger partial charge in [0.25, 0.3) is 0 Å². The number of aromatic nitrogens is 2. The van der Waals surface area contributed by atoms with Crippen LogP contribution in [-0.2, 0) is 4.74 Å². The second-order valence-corrected chi connectivity index (χ2v) is 2.52. The number of nitrogens with zero attached hydrogens (tertiary/aromatic N) is 2. The van der Waals surface area contributed by atoms with Gasteiger partial charge in [-0.25, -0.2) is 14.4 Å². The maximum absolute atomic E-state index is 12.3. The van der Waals surface area contributed by atoms with Crippen molar-refractivity contribution < 1.29 is 9.13 Å². The molecule has 0 aromatic carbocycles. The topological polar surface area (TPSA) is 38.3 Å². The molecule has 2 rings (SSSR count). The zero-order chi connectivity index (χ0) is 7.84. The Morgan fingerprint density at radius 2 is 2.00 bits per heavy atom. The highest BCUT2D eigenvalue weighted by atomic mass is 19.1. The van der Waals surface area contributed by atoms with Gasteiger partial charge >= 0.3 is 0 Å². The lowest BCUT2D eigenvalue weighted by molar-refractivity contribution is 0.376. The molecule has 0 saturated carbocycles. The number of hydrogen-bond acceptors (Lipinski definition) is 3. The van der Waals surface area contributed by atoms with Gasteiger partial charge < -0.3 is 4.74 Å². The predicted octanol–water partition coefficient (Wildman–Crippen LogP) is 1.08. The minimum Gasteiger partial charge on any atom is -0.361 e. The molecule has 1 aromatic rings. The number of epoxide rings is 1. The first-order chi connectivity index (χ1) is 5.27. The van der Waals surface area contributed by atoms with Crippen molar-refractivity contribution in [3.63, 3.8) is 0 Å². The van der Waals surface area contributed by atoms with Gasteiger partial charge in [-0.3, -0.25) is 0 Å². The summed E-state index contributed by atoms with van der Waals surface area (Å²) < 4.78 is 17.4. The standard InChI is InChI=1S/C7H7FN2O/c1-4-6(11-4)7-9-2-5(8)3-10-7/h2-4,6H,1H3/t4-,6?/m1/s1. The summed E-state index contributed by atoms with van der Waals surface area (Å²) >= 11 is 0. The van der Waals surface area contributed by atoms with E-state index in [1.165, 1.54) is 0 Å². The van der Waals surface area contributed by atoms with E-state index in [4.69, 9.17) is 4.74 Å². The molecule has 1 fully saturated rings. The molecule has 58 valence electrons. The van der Waals surface area contributed by atoms with Crippen molar-refractivity contribution in [2.45, 2.75) is 19.1 Å². The summed E-state index contributed by atoms with van der Waals surface area (Å²) in [5.74, 6) is 0.154. The fourth-order valence-corrected chi connectivity index (χ4v) is 0.926. The lowest BCUT2D eigenvalue weighted by Crippen LogP contribution is -1.94. The van der Waals surface area contributed by atoms with Gasteiger partial charge in [-0.15, -0.1) is 0 Å². The highest BCUT2D eigenvalue weighted by Gasteiger charge is 2.38. The van der Waals surface area contributed by atoms with Gasteiger partial charge in [-0.05, 0) is 6.92 Å². The van der Waals surface area contributed by atoms with Gasteiger partial charge in [0, 0.05) is 0 Å². The number of ether oxygens (including phenoxy) is 1. The summed E-state index contributed by atoms with van der Waals surface area (Å²) in [4.78, 5) is 7.56. The van der Waals surface area contributed by atoms with Crippen LogP contribution in [0.15, 0.2) is 12.4 Å². The van der Waals surface area contributed by atoms with Crippen molar-refractivity contribution in [3.05, 3.63) is 24.0 Å². The average molecular weight is 154 g/mol. The highest BCUT2D eigenvalue weighted by molar-refractivity contribution is 5.02. The number of hydrogen-bond donors (Lipinski definition) is 0. The van der Waals surface area contributed by atoms with Gasteiger partial charge in [0.15, 0.2) is 11.6 Å². The quantitative estimate of drug-likeness (QED) is 0.568. The van der Waals surface area contributed by atoms with Crippen LogP contribution in [-0.4, -0.2) is 16.1 Å². The number of halogens is 1. The first kappa shape index (κ1) is 6.67. The molecule has 3 nitrogen and oxygen atoms in total. The third-order valence-electron chi connectivity index (χ3n) is 1.61. The molecular weight excluding hydrogens is 147 g/mol. The molecule has 0 amide bonds. The Morgan fingerprint density at radius 1 is 1.45 bits per heavy atom. The molecule has 0 spiro atoms. The summed E-state index contributed by atoms with van der Waals surface area (Å²) in [6.07, 6.45) is 2.46. The summed E-state index contributed by atoms with van der Waals surface area (Å²) in [7, 11) is 0. The Labute approximate surface area is 63.2 Å². The summed E-state index contributed by atoms with van der Waals surface area (Å²) in [5, 5.41) is 0. The minimum absolute atomic E-state index is 0.0180. The normalized spacial score (nSPS) is 28.5. The van der Waals surface area contributed by atoms with E-state index in [-0.39, 0.29) is 12.2 Å². The van der Waals surface area contributed by atoms with E-state index in [0.29, 0.717) is 5.82 Å². The first-order valence-electron chi connectivity index (χ1n) is 3.40. The van der Waals surface area contributed by atoms with Crippen LogP contribution in [0.25, 0.3) is 0 Å². The molecule has 11 heavy (non-hydrogen) atoms. The third kappa shape index (κ3) is 1.21. The van der Waals surface area contributed by atoms with Gasteiger partial charge in [0.1, 0.15) is 6.10 Å².